The van der Waals surface area contributed by atoms with Crippen LogP contribution in [-0.2, 0) is 6.42 Å². The highest BCUT2D eigenvalue weighted by Crippen LogP contribution is 2.30. The fraction of sp³-hybridized carbons (Fsp3) is 0.667. The molecule has 0 bridgehead atoms. The zero-order valence-corrected chi connectivity index (χ0v) is 14.5. The van der Waals surface area contributed by atoms with Crippen LogP contribution >= 0.6 is 0 Å². The normalized spacial score (nSPS) is 13.0. The van der Waals surface area contributed by atoms with Crippen molar-refractivity contribution in [3.63, 3.8) is 0 Å². The van der Waals surface area contributed by atoms with Gasteiger partial charge in [-0.05, 0) is 56.8 Å². The number of benzene rings is 1. The second kappa shape index (κ2) is 8.28. The van der Waals surface area contributed by atoms with Gasteiger partial charge in [-0.15, -0.1) is 0 Å². The van der Waals surface area contributed by atoms with Crippen LogP contribution in [0.1, 0.15) is 46.6 Å². The van der Waals surface area contributed by atoms with Crippen molar-refractivity contribution in [3.8, 4) is 11.5 Å². The van der Waals surface area contributed by atoms with E-state index in [9.17, 15) is 0 Å². The first-order chi connectivity index (χ1) is 9.92. The van der Waals surface area contributed by atoms with Gasteiger partial charge in [-0.2, -0.15) is 0 Å². The Morgan fingerprint density at radius 1 is 1.05 bits per heavy atom. The van der Waals surface area contributed by atoms with Gasteiger partial charge in [0.2, 0.25) is 0 Å². The summed E-state index contributed by atoms with van der Waals surface area (Å²) in [6, 6.07) is 6.78. The minimum absolute atomic E-state index is 0.267. The number of ether oxygens (including phenoxy) is 2. The van der Waals surface area contributed by atoms with Gasteiger partial charge < -0.3 is 14.8 Å². The summed E-state index contributed by atoms with van der Waals surface area (Å²) in [6.07, 6.45) is 2.15. The van der Waals surface area contributed by atoms with E-state index in [1.54, 1.807) is 0 Å². The van der Waals surface area contributed by atoms with Crippen LogP contribution in [0.2, 0.25) is 0 Å². The van der Waals surface area contributed by atoms with E-state index in [4.69, 9.17) is 9.47 Å². The van der Waals surface area contributed by atoms with Gasteiger partial charge in [0, 0.05) is 6.04 Å². The molecule has 0 aromatic heterocycles. The molecule has 1 aromatic rings. The molecule has 1 unspecified atom stereocenters. The Morgan fingerprint density at radius 2 is 1.67 bits per heavy atom. The molecule has 0 heterocycles. The van der Waals surface area contributed by atoms with E-state index in [1.165, 1.54) is 5.56 Å². The Labute approximate surface area is 130 Å². The van der Waals surface area contributed by atoms with Gasteiger partial charge in [0.15, 0.2) is 11.5 Å². The van der Waals surface area contributed by atoms with Crippen molar-refractivity contribution >= 4 is 0 Å². The summed E-state index contributed by atoms with van der Waals surface area (Å²) in [5.74, 6) is 1.69. The van der Waals surface area contributed by atoms with E-state index in [0.29, 0.717) is 19.3 Å². The summed E-state index contributed by atoms with van der Waals surface area (Å²) in [5.41, 5.74) is 1.56. The van der Waals surface area contributed by atoms with Crippen molar-refractivity contribution in [3.05, 3.63) is 23.8 Å². The summed E-state index contributed by atoms with van der Waals surface area (Å²) < 4.78 is 11.3. The molecule has 21 heavy (non-hydrogen) atoms. The number of aryl methyl sites for hydroxylation is 1. The highest BCUT2D eigenvalue weighted by atomic mass is 16.5. The third-order valence-corrected chi connectivity index (χ3v) is 3.72. The molecule has 3 heteroatoms. The van der Waals surface area contributed by atoms with Crippen molar-refractivity contribution in [1.29, 1.82) is 0 Å². The summed E-state index contributed by atoms with van der Waals surface area (Å²) >= 11 is 0. The van der Waals surface area contributed by atoms with E-state index in [1.807, 2.05) is 27.0 Å². The van der Waals surface area contributed by atoms with E-state index in [0.717, 1.165) is 24.3 Å². The highest BCUT2D eigenvalue weighted by Gasteiger charge is 2.22. The topological polar surface area (TPSA) is 30.5 Å². The van der Waals surface area contributed by atoms with Crippen LogP contribution in [0, 0.1) is 5.41 Å². The van der Waals surface area contributed by atoms with Crippen LogP contribution in [0.25, 0.3) is 0 Å². The summed E-state index contributed by atoms with van der Waals surface area (Å²) in [7, 11) is 2.04. The van der Waals surface area contributed by atoms with Gasteiger partial charge in [-0.3, -0.25) is 0 Å². The molecule has 0 aliphatic heterocycles. The molecule has 0 radical (unpaired) electrons. The van der Waals surface area contributed by atoms with Gasteiger partial charge in [0.1, 0.15) is 0 Å². The van der Waals surface area contributed by atoms with E-state index in [2.05, 4.69) is 38.2 Å². The van der Waals surface area contributed by atoms with E-state index < -0.39 is 0 Å². The SMILES string of the molecule is CCOc1ccc(CCC(NC)C(C)(C)C)cc1OCC. The summed E-state index contributed by atoms with van der Waals surface area (Å²) in [4.78, 5) is 0. The highest BCUT2D eigenvalue weighted by molar-refractivity contribution is 5.43. The molecule has 0 aliphatic carbocycles. The van der Waals surface area contributed by atoms with Crippen LogP contribution in [0.15, 0.2) is 18.2 Å². The molecule has 1 aromatic carbocycles. The zero-order valence-electron chi connectivity index (χ0n) is 14.5. The van der Waals surface area contributed by atoms with Gasteiger partial charge in [0.25, 0.3) is 0 Å². The molecule has 0 saturated carbocycles. The third-order valence-electron chi connectivity index (χ3n) is 3.72. The molecule has 3 nitrogen and oxygen atoms in total. The van der Waals surface area contributed by atoms with Crippen LogP contribution in [0.5, 0.6) is 11.5 Å². The van der Waals surface area contributed by atoms with Crippen LogP contribution < -0.4 is 14.8 Å². The van der Waals surface area contributed by atoms with Gasteiger partial charge in [-0.25, -0.2) is 0 Å². The first kappa shape index (κ1) is 17.8. The fourth-order valence-corrected chi connectivity index (χ4v) is 2.57. The maximum atomic E-state index is 5.69. The Kier molecular flexibility index (Phi) is 7.03. The second-order valence-corrected chi connectivity index (χ2v) is 6.39. The second-order valence-electron chi connectivity index (χ2n) is 6.39. The molecule has 0 spiro atoms. The Hall–Kier alpha value is -1.22. The minimum atomic E-state index is 0.267. The monoisotopic (exact) mass is 293 g/mol. The molecule has 1 rings (SSSR count). The Bertz CT molecular complexity index is 424. The van der Waals surface area contributed by atoms with Crippen molar-refractivity contribution in [2.75, 3.05) is 20.3 Å². The number of hydrogen-bond acceptors (Lipinski definition) is 3. The van der Waals surface area contributed by atoms with E-state index in [-0.39, 0.29) is 5.41 Å². The lowest BCUT2D eigenvalue weighted by atomic mass is 9.83. The first-order valence-corrected chi connectivity index (χ1v) is 7.98. The predicted molar refractivity (Wildman–Crippen MR) is 89.4 cm³/mol. The first-order valence-electron chi connectivity index (χ1n) is 7.98. The molecule has 1 N–H and O–H groups in total. The molecule has 0 aliphatic rings. The van der Waals surface area contributed by atoms with Crippen LogP contribution in [0.4, 0.5) is 0 Å². The smallest absolute Gasteiger partial charge is 0.161 e. The van der Waals surface area contributed by atoms with Crippen LogP contribution in [-0.4, -0.2) is 26.3 Å². The number of nitrogens with one attached hydrogen (secondary N) is 1. The molecule has 0 amide bonds. The summed E-state index contributed by atoms with van der Waals surface area (Å²) in [6.45, 7) is 12.1. The average Bonchev–Trinajstić information content (AvgIpc) is 2.41. The van der Waals surface area contributed by atoms with E-state index >= 15 is 0 Å². The standard InChI is InChI=1S/C18H31NO2/c1-7-20-15-11-9-14(13-16(15)21-8-2)10-12-17(19-6)18(3,4)5/h9,11,13,17,19H,7-8,10,12H2,1-6H3. The number of hydrogen-bond donors (Lipinski definition) is 1. The van der Waals surface area contributed by atoms with Crippen LogP contribution in [0.3, 0.4) is 0 Å². The fourth-order valence-electron chi connectivity index (χ4n) is 2.57. The zero-order chi connectivity index (χ0) is 15.9. The van der Waals surface area contributed by atoms with Gasteiger partial charge >= 0.3 is 0 Å². The third kappa shape index (κ3) is 5.58. The maximum Gasteiger partial charge on any atom is 0.161 e. The molecule has 0 saturated heterocycles. The molecular weight excluding hydrogens is 262 g/mol. The summed E-state index contributed by atoms with van der Waals surface area (Å²) in [5, 5.41) is 3.43. The average molecular weight is 293 g/mol. The lowest BCUT2D eigenvalue weighted by Crippen LogP contribution is -2.38. The van der Waals surface area contributed by atoms with Crippen molar-refractivity contribution in [2.45, 2.75) is 53.5 Å². The van der Waals surface area contributed by atoms with Gasteiger partial charge in [-0.1, -0.05) is 26.8 Å². The lowest BCUT2D eigenvalue weighted by Gasteiger charge is -2.30. The van der Waals surface area contributed by atoms with Crippen molar-refractivity contribution < 1.29 is 9.47 Å². The predicted octanol–water partition coefficient (Wildman–Crippen LogP) is 4.05. The van der Waals surface area contributed by atoms with Gasteiger partial charge in [0.05, 0.1) is 13.2 Å². The minimum Gasteiger partial charge on any atom is -0.490 e. The number of rotatable bonds is 8. The lowest BCUT2D eigenvalue weighted by molar-refractivity contribution is 0.267. The molecule has 120 valence electrons. The van der Waals surface area contributed by atoms with Crippen molar-refractivity contribution in [2.24, 2.45) is 5.41 Å². The Balaban J connectivity index is 2.77. The van der Waals surface area contributed by atoms with Crippen molar-refractivity contribution in [1.82, 2.24) is 5.32 Å². The molecule has 0 fully saturated rings. The quantitative estimate of drug-likeness (QED) is 0.784. The Morgan fingerprint density at radius 3 is 2.19 bits per heavy atom. The largest absolute Gasteiger partial charge is 0.490 e. The maximum absolute atomic E-state index is 5.69. The molecule has 1 atom stereocenters. The molecular formula is C18H31NO2.